The van der Waals surface area contributed by atoms with Gasteiger partial charge in [-0.1, -0.05) is 66.7 Å². The molecular formula is C22H19NO2. The molecule has 3 rings (SSSR count). The molecule has 1 heterocycles. The fourth-order valence-electron chi connectivity index (χ4n) is 3.15. The summed E-state index contributed by atoms with van der Waals surface area (Å²) in [7, 11) is 0. The SMILES string of the molecule is CC(=CC(c1ccccc1)(c1ccccc1)c1ccncc1)C(=O)O. The third-order valence-electron chi connectivity index (χ3n) is 4.36. The highest BCUT2D eigenvalue weighted by molar-refractivity contribution is 5.86. The van der Waals surface area contributed by atoms with Crippen LogP contribution in [0.3, 0.4) is 0 Å². The lowest BCUT2D eigenvalue weighted by Gasteiger charge is -2.33. The van der Waals surface area contributed by atoms with E-state index >= 15 is 0 Å². The van der Waals surface area contributed by atoms with Crippen molar-refractivity contribution in [2.45, 2.75) is 12.3 Å². The van der Waals surface area contributed by atoms with Crippen molar-refractivity contribution in [2.24, 2.45) is 0 Å². The van der Waals surface area contributed by atoms with E-state index in [1.165, 1.54) is 0 Å². The molecule has 1 aromatic heterocycles. The summed E-state index contributed by atoms with van der Waals surface area (Å²) in [6.45, 7) is 1.63. The molecule has 0 atom stereocenters. The van der Waals surface area contributed by atoms with Crippen LogP contribution in [0.1, 0.15) is 23.6 Å². The molecule has 0 fully saturated rings. The highest BCUT2D eigenvalue weighted by atomic mass is 16.4. The number of nitrogens with zero attached hydrogens (tertiary/aromatic N) is 1. The zero-order chi connectivity index (χ0) is 17.7. The van der Waals surface area contributed by atoms with Crippen molar-refractivity contribution < 1.29 is 9.90 Å². The monoisotopic (exact) mass is 329 g/mol. The van der Waals surface area contributed by atoms with Gasteiger partial charge >= 0.3 is 5.97 Å². The second-order valence-electron chi connectivity index (χ2n) is 5.91. The Morgan fingerprint density at radius 1 is 0.840 bits per heavy atom. The molecule has 0 radical (unpaired) electrons. The van der Waals surface area contributed by atoms with Crippen molar-refractivity contribution in [2.75, 3.05) is 0 Å². The van der Waals surface area contributed by atoms with E-state index in [1.807, 2.05) is 78.9 Å². The number of benzene rings is 2. The number of aliphatic carboxylic acids is 1. The lowest BCUT2D eigenvalue weighted by Crippen LogP contribution is -2.28. The number of carboxylic acids is 1. The van der Waals surface area contributed by atoms with Crippen LogP contribution >= 0.6 is 0 Å². The van der Waals surface area contributed by atoms with Crippen LogP contribution in [0.4, 0.5) is 0 Å². The molecule has 3 heteroatoms. The second kappa shape index (κ2) is 7.14. The standard InChI is InChI=1S/C22H19NO2/c1-17(21(24)25)16-22(18-8-4-2-5-9-18,19-10-6-3-7-11-19)20-12-14-23-15-13-20/h2-16H,1H3,(H,24,25). The van der Waals surface area contributed by atoms with Crippen molar-refractivity contribution >= 4 is 5.97 Å². The summed E-state index contributed by atoms with van der Waals surface area (Å²) in [6, 6.07) is 23.8. The zero-order valence-corrected chi connectivity index (χ0v) is 14.0. The quantitative estimate of drug-likeness (QED) is 0.704. The first-order valence-electron chi connectivity index (χ1n) is 8.09. The van der Waals surface area contributed by atoms with Gasteiger partial charge in [0.05, 0.1) is 5.41 Å². The Labute approximate surface area is 147 Å². The fourth-order valence-corrected chi connectivity index (χ4v) is 3.15. The molecule has 2 aromatic carbocycles. The van der Waals surface area contributed by atoms with E-state index in [4.69, 9.17) is 0 Å². The number of carbonyl (C=O) groups is 1. The number of allylic oxidation sites excluding steroid dienone is 1. The number of pyridine rings is 1. The molecule has 0 saturated carbocycles. The average molecular weight is 329 g/mol. The predicted molar refractivity (Wildman–Crippen MR) is 98.4 cm³/mol. The van der Waals surface area contributed by atoms with Crippen LogP contribution in [-0.4, -0.2) is 16.1 Å². The molecule has 0 aliphatic heterocycles. The van der Waals surface area contributed by atoms with Crippen LogP contribution in [0.5, 0.6) is 0 Å². The van der Waals surface area contributed by atoms with E-state index in [9.17, 15) is 9.90 Å². The zero-order valence-electron chi connectivity index (χ0n) is 14.0. The van der Waals surface area contributed by atoms with Gasteiger partial charge in [-0.2, -0.15) is 0 Å². The number of rotatable bonds is 5. The van der Waals surface area contributed by atoms with Crippen LogP contribution in [-0.2, 0) is 10.2 Å². The Morgan fingerprint density at radius 3 is 1.72 bits per heavy atom. The van der Waals surface area contributed by atoms with Gasteiger partial charge in [-0.3, -0.25) is 4.98 Å². The van der Waals surface area contributed by atoms with Crippen molar-refractivity contribution in [3.63, 3.8) is 0 Å². The summed E-state index contributed by atoms with van der Waals surface area (Å²) in [6.07, 6.45) is 5.30. The van der Waals surface area contributed by atoms with Crippen molar-refractivity contribution in [3.8, 4) is 0 Å². The fraction of sp³-hybridized carbons (Fsp3) is 0.0909. The van der Waals surface area contributed by atoms with Crippen molar-refractivity contribution in [3.05, 3.63) is 114 Å². The van der Waals surface area contributed by atoms with Crippen LogP contribution in [0.15, 0.2) is 96.8 Å². The molecule has 25 heavy (non-hydrogen) atoms. The van der Waals surface area contributed by atoms with Gasteiger partial charge in [-0.25, -0.2) is 4.79 Å². The molecule has 0 aliphatic carbocycles. The van der Waals surface area contributed by atoms with Gasteiger partial charge in [0.25, 0.3) is 0 Å². The first kappa shape index (κ1) is 16.7. The van der Waals surface area contributed by atoms with Crippen LogP contribution in [0, 0.1) is 0 Å². The maximum atomic E-state index is 11.6. The molecule has 0 spiro atoms. The molecule has 3 aromatic rings. The third-order valence-corrected chi connectivity index (χ3v) is 4.36. The smallest absolute Gasteiger partial charge is 0.330 e. The van der Waals surface area contributed by atoms with E-state index < -0.39 is 11.4 Å². The molecule has 0 saturated heterocycles. The van der Waals surface area contributed by atoms with Crippen LogP contribution in [0.2, 0.25) is 0 Å². The van der Waals surface area contributed by atoms with Gasteiger partial charge in [0.1, 0.15) is 0 Å². The number of aromatic nitrogens is 1. The number of hydrogen-bond donors (Lipinski definition) is 1. The van der Waals surface area contributed by atoms with Gasteiger partial charge in [-0.15, -0.1) is 0 Å². The van der Waals surface area contributed by atoms with E-state index in [-0.39, 0.29) is 0 Å². The number of carboxylic acid groups (broad SMARTS) is 1. The minimum atomic E-state index is -0.926. The van der Waals surface area contributed by atoms with Gasteiger partial charge in [-0.05, 0) is 35.7 Å². The average Bonchev–Trinajstić information content (AvgIpc) is 2.68. The Kier molecular flexibility index (Phi) is 4.75. The number of hydrogen-bond acceptors (Lipinski definition) is 2. The van der Waals surface area contributed by atoms with Crippen LogP contribution in [0.25, 0.3) is 0 Å². The summed E-state index contributed by atoms with van der Waals surface area (Å²) >= 11 is 0. The second-order valence-corrected chi connectivity index (χ2v) is 5.91. The summed E-state index contributed by atoms with van der Waals surface area (Å²) < 4.78 is 0. The maximum absolute atomic E-state index is 11.6. The topological polar surface area (TPSA) is 50.2 Å². The van der Waals surface area contributed by atoms with Crippen molar-refractivity contribution in [1.82, 2.24) is 4.98 Å². The van der Waals surface area contributed by atoms with Crippen molar-refractivity contribution in [1.29, 1.82) is 0 Å². The molecule has 0 unspecified atom stereocenters. The van der Waals surface area contributed by atoms with Gasteiger partial charge < -0.3 is 5.11 Å². The molecule has 0 aliphatic rings. The maximum Gasteiger partial charge on any atom is 0.330 e. The summed E-state index contributed by atoms with van der Waals surface area (Å²) in [5.41, 5.74) is 2.58. The minimum absolute atomic E-state index is 0.296. The van der Waals surface area contributed by atoms with Gasteiger partial charge in [0.15, 0.2) is 0 Å². The van der Waals surface area contributed by atoms with Crippen LogP contribution < -0.4 is 0 Å². The lowest BCUT2D eigenvalue weighted by molar-refractivity contribution is -0.132. The molecule has 124 valence electrons. The predicted octanol–water partition coefficient (Wildman–Crippen LogP) is 4.45. The Balaban J connectivity index is 2.40. The first-order valence-corrected chi connectivity index (χ1v) is 8.09. The summed E-state index contributed by atoms with van der Waals surface area (Å²) in [5.74, 6) is -0.926. The summed E-state index contributed by atoms with van der Waals surface area (Å²) in [5, 5.41) is 9.51. The highest BCUT2D eigenvalue weighted by Gasteiger charge is 2.34. The highest BCUT2D eigenvalue weighted by Crippen LogP contribution is 2.41. The summed E-state index contributed by atoms with van der Waals surface area (Å²) in [4.78, 5) is 15.7. The Morgan fingerprint density at radius 2 is 1.28 bits per heavy atom. The Hall–Kier alpha value is -3.20. The van der Waals surface area contributed by atoms with Gasteiger partial charge in [0, 0.05) is 18.0 Å². The normalized spacial score (nSPS) is 12.0. The van der Waals surface area contributed by atoms with E-state index in [1.54, 1.807) is 19.3 Å². The third kappa shape index (κ3) is 3.22. The Bertz CT molecular complexity index is 775. The van der Waals surface area contributed by atoms with E-state index in [0.29, 0.717) is 5.57 Å². The largest absolute Gasteiger partial charge is 0.478 e. The van der Waals surface area contributed by atoms with E-state index in [2.05, 4.69) is 4.98 Å². The van der Waals surface area contributed by atoms with Gasteiger partial charge in [0.2, 0.25) is 0 Å². The molecule has 3 nitrogen and oxygen atoms in total. The minimum Gasteiger partial charge on any atom is -0.478 e. The van der Waals surface area contributed by atoms with E-state index in [0.717, 1.165) is 16.7 Å². The molecular weight excluding hydrogens is 310 g/mol. The first-order chi connectivity index (χ1) is 12.1. The molecule has 0 bridgehead atoms. The molecule has 1 N–H and O–H groups in total. The lowest BCUT2D eigenvalue weighted by atomic mass is 9.69. The molecule has 0 amide bonds.